The van der Waals surface area contributed by atoms with Crippen molar-refractivity contribution in [2.24, 2.45) is 0 Å². The Balaban J connectivity index is 1.43. The Bertz CT molecular complexity index is 904. The third-order valence-electron chi connectivity index (χ3n) is 4.54. The maximum atomic E-state index is 12.6. The van der Waals surface area contributed by atoms with Crippen LogP contribution in [0.25, 0.3) is 0 Å². The highest BCUT2D eigenvalue weighted by molar-refractivity contribution is 7.09. The van der Waals surface area contributed by atoms with Gasteiger partial charge in [0.2, 0.25) is 5.91 Å². The average molecular weight is 368 g/mol. The summed E-state index contributed by atoms with van der Waals surface area (Å²) in [4.78, 5) is 23.1. The molecule has 0 fully saturated rings. The largest absolute Gasteiger partial charge is 0.340 e. The third-order valence-corrected chi connectivity index (χ3v) is 5.36. The first-order chi connectivity index (χ1) is 12.7. The summed E-state index contributed by atoms with van der Waals surface area (Å²) in [5.41, 5.74) is 1.97. The first-order valence-electron chi connectivity index (χ1n) is 8.67. The predicted octanol–water partition coefficient (Wildman–Crippen LogP) is 1.66. The van der Waals surface area contributed by atoms with E-state index in [2.05, 4.69) is 24.7 Å². The molecule has 4 rings (SSSR count). The quantitative estimate of drug-likeness (QED) is 0.700. The normalized spacial score (nSPS) is 14.1. The number of fused-ring (bicyclic) bond motifs is 1. The van der Waals surface area contributed by atoms with E-state index >= 15 is 0 Å². The zero-order valence-electron chi connectivity index (χ0n) is 14.6. The van der Waals surface area contributed by atoms with Crippen LogP contribution in [0, 0.1) is 6.92 Å². The van der Waals surface area contributed by atoms with E-state index in [1.807, 2.05) is 35.5 Å². The van der Waals surface area contributed by atoms with E-state index in [0.717, 1.165) is 40.9 Å². The number of hydrogen-bond acceptors (Lipinski definition) is 6. The molecule has 0 saturated carbocycles. The van der Waals surface area contributed by atoms with Crippen LogP contribution in [0.1, 0.15) is 27.9 Å². The molecular weight excluding hydrogens is 348 g/mol. The van der Waals surface area contributed by atoms with Crippen LogP contribution in [-0.2, 0) is 30.6 Å². The molecule has 0 bridgehead atoms. The SMILES string of the molecule is Cc1nc(CC(=O)N2CCc3nnc(Cc4cccnc4)n3CC2)cs1. The van der Waals surface area contributed by atoms with Gasteiger partial charge in [-0.2, -0.15) is 0 Å². The number of aromatic nitrogens is 5. The predicted molar refractivity (Wildman–Crippen MR) is 97.9 cm³/mol. The van der Waals surface area contributed by atoms with Crippen LogP contribution in [-0.4, -0.2) is 48.6 Å². The minimum Gasteiger partial charge on any atom is -0.340 e. The number of pyridine rings is 1. The van der Waals surface area contributed by atoms with E-state index in [9.17, 15) is 4.79 Å². The van der Waals surface area contributed by atoms with E-state index < -0.39 is 0 Å². The first-order valence-corrected chi connectivity index (χ1v) is 9.55. The maximum absolute atomic E-state index is 12.6. The van der Waals surface area contributed by atoms with Gasteiger partial charge in [-0.05, 0) is 18.6 Å². The lowest BCUT2D eigenvalue weighted by Crippen LogP contribution is -2.35. The molecule has 3 aromatic heterocycles. The van der Waals surface area contributed by atoms with E-state index in [4.69, 9.17) is 0 Å². The third kappa shape index (κ3) is 3.65. The van der Waals surface area contributed by atoms with Crippen molar-refractivity contribution in [2.45, 2.75) is 32.7 Å². The lowest BCUT2D eigenvalue weighted by atomic mass is 10.2. The molecule has 1 amide bonds. The summed E-state index contributed by atoms with van der Waals surface area (Å²) < 4.78 is 2.15. The smallest absolute Gasteiger partial charge is 0.228 e. The maximum Gasteiger partial charge on any atom is 0.228 e. The molecule has 0 saturated heterocycles. The van der Waals surface area contributed by atoms with Crippen molar-refractivity contribution in [3.8, 4) is 0 Å². The summed E-state index contributed by atoms with van der Waals surface area (Å²) in [5, 5.41) is 11.6. The number of thiazole rings is 1. The van der Waals surface area contributed by atoms with E-state index in [1.165, 1.54) is 0 Å². The Morgan fingerprint density at radius 3 is 2.96 bits per heavy atom. The summed E-state index contributed by atoms with van der Waals surface area (Å²) >= 11 is 1.58. The second kappa shape index (κ2) is 7.33. The van der Waals surface area contributed by atoms with Gasteiger partial charge in [0, 0.05) is 50.2 Å². The standard InChI is InChI=1S/C18H20N6OS/c1-13-20-15(12-26-13)10-18(25)23-6-4-16-21-22-17(24(16)8-7-23)9-14-3-2-5-19-11-14/h2-3,5,11-12H,4,6-10H2,1H3. The van der Waals surface area contributed by atoms with Crippen LogP contribution in [0.5, 0.6) is 0 Å². The molecule has 1 aliphatic heterocycles. The lowest BCUT2D eigenvalue weighted by molar-refractivity contribution is -0.130. The van der Waals surface area contributed by atoms with Gasteiger partial charge in [0.1, 0.15) is 11.6 Å². The number of hydrogen-bond donors (Lipinski definition) is 0. The summed E-state index contributed by atoms with van der Waals surface area (Å²) in [7, 11) is 0. The highest BCUT2D eigenvalue weighted by atomic mass is 32.1. The van der Waals surface area contributed by atoms with Crippen LogP contribution in [0.2, 0.25) is 0 Å². The van der Waals surface area contributed by atoms with Gasteiger partial charge in [0.25, 0.3) is 0 Å². The van der Waals surface area contributed by atoms with Crippen LogP contribution in [0.15, 0.2) is 29.9 Å². The molecule has 0 unspecified atom stereocenters. The van der Waals surface area contributed by atoms with Crippen LogP contribution >= 0.6 is 11.3 Å². The van der Waals surface area contributed by atoms with Crippen molar-refractivity contribution in [3.63, 3.8) is 0 Å². The Labute approximate surface area is 155 Å². The minimum atomic E-state index is 0.128. The van der Waals surface area contributed by atoms with Crippen molar-refractivity contribution in [1.82, 2.24) is 29.6 Å². The number of rotatable bonds is 4. The Morgan fingerprint density at radius 1 is 1.27 bits per heavy atom. The first kappa shape index (κ1) is 16.8. The van der Waals surface area contributed by atoms with E-state index in [0.29, 0.717) is 25.9 Å². The number of aryl methyl sites for hydroxylation is 1. The van der Waals surface area contributed by atoms with Crippen LogP contribution in [0.4, 0.5) is 0 Å². The van der Waals surface area contributed by atoms with Gasteiger partial charge < -0.3 is 9.47 Å². The monoisotopic (exact) mass is 368 g/mol. The summed E-state index contributed by atoms with van der Waals surface area (Å²) in [6.45, 7) is 4.03. The Kier molecular flexibility index (Phi) is 4.75. The second-order valence-corrected chi connectivity index (χ2v) is 7.45. The van der Waals surface area contributed by atoms with Crippen molar-refractivity contribution >= 4 is 17.2 Å². The van der Waals surface area contributed by atoms with Crippen molar-refractivity contribution in [2.75, 3.05) is 13.1 Å². The van der Waals surface area contributed by atoms with E-state index in [-0.39, 0.29) is 5.91 Å². The molecule has 1 aliphatic rings. The number of nitrogens with zero attached hydrogens (tertiary/aromatic N) is 6. The highest BCUT2D eigenvalue weighted by Gasteiger charge is 2.22. The van der Waals surface area contributed by atoms with Gasteiger partial charge in [-0.25, -0.2) is 4.98 Å². The molecule has 0 spiro atoms. The fourth-order valence-electron chi connectivity index (χ4n) is 3.20. The van der Waals surface area contributed by atoms with Gasteiger partial charge >= 0.3 is 0 Å². The van der Waals surface area contributed by atoms with Gasteiger partial charge in [0.05, 0.1) is 17.1 Å². The lowest BCUT2D eigenvalue weighted by Gasteiger charge is -2.19. The Morgan fingerprint density at radius 2 is 2.19 bits per heavy atom. The van der Waals surface area contributed by atoms with Crippen molar-refractivity contribution in [3.05, 3.63) is 57.8 Å². The van der Waals surface area contributed by atoms with E-state index in [1.54, 1.807) is 17.5 Å². The summed E-state index contributed by atoms with van der Waals surface area (Å²) in [5.74, 6) is 2.00. The second-order valence-electron chi connectivity index (χ2n) is 6.39. The molecule has 4 heterocycles. The summed E-state index contributed by atoms with van der Waals surface area (Å²) in [6, 6.07) is 3.96. The molecule has 0 radical (unpaired) electrons. The molecule has 134 valence electrons. The van der Waals surface area contributed by atoms with Crippen molar-refractivity contribution in [1.29, 1.82) is 0 Å². The van der Waals surface area contributed by atoms with Crippen LogP contribution < -0.4 is 0 Å². The molecule has 3 aromatic rings. The molecule has 0 aliphatic carbocycles. The molecule has 0 atom stereocenters. The average Bonchev–Trinajstić information content (AvgIpc) is 3.15. The Hall–Kier alpha value is -2.61. The molecule has 0 N–H and O–H groups in total. The molecule has 8 heteroatoms. The zero-order chi connectivity index (χ0) is 17.9. The molecule has 26 heavy (non-hydrogen) atoms. The minimum absolute atomic E-state index is 0.128. The van der Waals surface area contributed by atoms with Crippen LogP contribution in [0.3, 0.4) is 0 Å². The molecule has 0 aromatic carbocycles. The number of amides is 1. The van der Waals surface area contributed by atoms with Gasteiger partial charge in [-0.15, -0.1) is 21.5 Å². The van der Waals surface area contributed by atoms with Gasteiger partial charge in [-0.3, -0.25) is 9.78 Å². The fourth-order valence-corrected chi connectivity index (χ4v) is 3.82. The molecular formula is C18H20N6OS. The summed E-state index contributed by atoms with van der Waals surface area (Å²) in [6.07, 6.45) is 5.41. The topological polar surface area (TPSA) is 76.8 Å². The van der Waals surface area contributed by atoms with Gasteiger partial charge in [0.15, 0.2) is 0 Å². The fraction of sp³-hybridized carbons (Fsp3) is 0.389. The molecule has 7 nitrogen and oxygen atoms in total. The van der Waals surface area contributed by atoms with Crippen molar-refractivity contribution < 1.29 is 4.79 Å². The zero-order valence-corrected chi connectivity index (χ0v) is 15.4. The van der Waals surface area contributed by atoms with Gasteiger partial charge in [-0.1, -0.05) is 6.07 Å². The number of carbonyl (C=O) groups is 1. The highest BCUT2D eigenvalue weighted by Crippen LogP contribution is 2.15. The number of carbonyl (C=O) groups excluding carboxylic acids is 1.